The first-order valence-corrected chi connectivity index (χ1v) is 13.2. The molecule has 4 N–H and O–H groups in total. The van der Waals surface area contributed by atoms with Gasteiger partial charge < -0.3 is 16.4 Å². The molecule has 31 heavy (non-hydrogen) atoms. The fourth-order valence-electron chi connectivity index (χ4n) is 2.93. The lowest BCUT2D eigenvalue weighted by Gasteiger charge is -2.27. The minimum Gasteiger partial charge on any atom is -0.350 e. The Morgan fingerprint density at radius 3 is 2.03 bits per heavy atom. The number of thiol groups is 1. The van der Waals surface area contributed by atoms with Crippen LogP contribution in [-0.2, 0) is 9.59 Å². The molecule has 0 aromatic rings. The molecule has 0 aliphatic carbocycles. The minimum absolute atomic E-state index is 0.0827. The number of nitrogens with two attached hydrogens (primary N) is 1. The third-order valence-corrected chi connectivity index (χ3v) is 5.93. The van der Waals surface area contributed by atoms with E-state index in [-0.39, 0.29) is 41.1 Å². The summed E-state index contributed by atoms with van der Waals surface area (Å²) in [6.07, 6.45) is 10.7. The molecular formula is C24H45N3O2S2. The molecule has 0 aliphatic rings. The molecule has 0 fully saturated rings. The van der Waals surface area contributed by atoms with Gasteiger partial charge in [0.1, 0.15) is 6.04 Å². The molecule has 3 unspecified atom stereocenters. The average Bonchev–Trinajstić information content (AvgIpc) is 2.65. The van der Waals surface area contributed by atoms with Gasteiger partial charge in [-0.2, -0.15) is 24.4 Å². The standard InChI is InChI=1S/C24H45N3O2S2/c1-16(2)18(9-11-19(25)15-30)10-12-20(17(3)4)22(28)26-21(13-14-31-8)23(29)27-24(5,6)7/h9-12,16-21,30H,13-15,25H2,1-8H3,(H,26,28)(H,27,29)/b11-9+,12-10+/t18?,19?,20?,21-/m0/s1. The zero-order chi connectivity index (χ0) is 24.2. The molecule has 0 spiro atoms. The number of carbonyl (C=O) groups excluding carboxylic acids is 2. The van der Waals surface area contributed by atoms with Crippen molar-refractivity contribution in [2.75, 3.05) is 17.8 Å². The molecule has 0 aromatic heterocycles. The highest BCUT2D eigenvalue weighted by Crippen LogP contribution is 2.20. The van der Waals surface area contributed by atoms with Gasteiger partial charge >= 0.3 is 0 Å². The zero-order valence-electron chi connectivity index (χ0n) is 20.6. The van der Waals surface area contributed by atoms with Gasteiger partial charge in [-0.15, -0.1) is 0 Å². The fraction of sp³-hybridized carbons (Fsp3) is 0.750. The van der Waals surface area contributed by atoms with Crippen LogP contribution in [0.1, 0.15) is 54.9 Å². The van der Waals surface area contributed by atoms with Gasteiger partial charge in [0.2, 0.25) is 11.8 Å². The molecule has 0 rings (SSSR count). The first-order valence-electron chi connectivity index (χ1n) is 11.2. The van der Waals surface area contributed by atoms with Gasteiger partial charge in [0.05, 0.1) is 5.92 Å². The van der Waals surface area contributed by atoms with Crippen molar-refractivity contribution in [3.63, 3.8) is 0 Å². The van der Waals surface area contributed by atoms with Crippen molar-refractivity contribution in [1.82, 2.24) is 10.6 Å². The molecule has 0 aliphatic heterocycles. The van der Waals surface area contributed by atoms with E-state index >= 15 is 0 Å². The van der Waals surface area contributed by atoms with Crippen molar-refractivity contribution >= 4 is 36.2 Å². The molecule has 5 nitrogen and oxygen atoms in total. The molecule has 180 valence electrons. The van der Waals surface area contributed by atoms with Crippen molar-refractivity contribution in [3.05, 3.63) is 24.3 Å². The smallest absolute Gasteiger partial charge is 0.243 e. The summed E-state index contributed by atoms with van der Waals surface area (Å²) in [4.78, 5) is 25.9. The topological polar surface area (TPSA) is 84.2 Å². The van der Waals surface area contributed by atoms with Crippen LogP contribution in [0.3, 0.4) is 0 Å². The fourth-order valence-corrected chi connectivity index (χ4v) is 3.52. The molecule has 2 amide bonds. The van der Waals surface area contributed by atoms with E-state index in [4.69, 9.17) is 5.73 Å². The summed E-state index contributed by atoms with van der Waals surface area (Å²) in [5, 5.41) is 6.00. The van der Waals surface area contributed by atoms with Crippen molar-refractivity contribution in [2.24, 2.45) is 29.4 Å². The third-order valence-electron chi connectivity index (χ3n) is 4.86. The molecule has 0 bridgehead atoms. The first-order chi connectivity index (χ1) is 14.3. The van der Waals surface area contributed by atoms with E-state index in [1.165, 1.54) is 0 Å². The molecule has 0 aromatic carbocycles. The maximum absolute atomic E-state index is 13.1. The summed E-state index contributed by atoms with van der Waals surface area (Å²) in [5.74, 6) is 1.50. The number of hydrogen-bond donors (Lipinski definition) is 4. The zero-order valence-corrected chi connectivity index (χ0v) is 22.4. The lowest BCUT2D eigenvalue weighted by atomic mass is 9.89. The maximum Gasteiger partial charge on any atom is 0.243 e. The second-order valence-electron chi connectivity index (χ2n) is 9.79. The number of carbonyl (C=O) groups is 2. The van der Waals surface area contributed by atoms with Gasteiger partial charge in [-0.1, -0.05) is 52.0 Å². The second kappa shape index (κ2) is 15.0. The minimum atomic E-state index is -0.539. The van der Waals surface area contributed by atoms with Crippen LogP contribution in [-0.4, -0.2) is 47.2 Å². The van der Waals surface area contributed by atoms with Crippen LogP contribution in [0, 0.1) is 23.7 Å². The van der Waals surface area contributed by atoms with Crippen LogP contribution in [0.25, 0.3) is 0 Å². The predicted molar refractivity (Wildman–Crippen MR) is 140 cm³/mol. The summed E-state index contributed by atoms with van der Waals surface area (Å²) in [6.45, 7) is 14.2. The molecule has 0 saturated carbocycles. The van der Waals surface area contributed by atoms with Crippen molar-refractivity contribution < 1.29 is 9.59 Å². The highest BCUT2D eigenvalue weighted by atomic mass is 32.2. The highest BCUT2D eigenvalue weighted by molar-refractivity contribution is 7.98. The largest absolute Gasteiger partial charge is 0.350 e. The Hall–Kier alpha value is -0.920. The average molecular weight is 472 g/mol. The van der Waals surface area contributed by atoms with Crippen molar-refractivity contribution in [1.29, 1.82) is 0 Å². The van der Waals surface area contributed by atoms with E-state index in [0.717, 1.165) is 5.75 Å². The van der Waals surface area contributed by atoms with Gasteiger partial charge in [-0.25, -0.2) is 0 Å². The Morgan fingerprint density at radius 1 is 1.00 bits per heavy atom. The summed E-state index contributed by atoms with van der Waals surface area (Å²) in [6, 6.07) is -0.622. The number of nitrogens with one attached hydrogen (secondary N) is 2. The molecular weight excluding hydrogens is 426 g/mol. The van der Waals surface area contributed by atoms with Crippen LogP contribution in [0.4, 0.5) is 0 Å². The number of amides is 2. The van der Waals surface area contributed by atoms with Crippen LogP contribution in [0.5, 0.6) is 0 Å². The number of rotatable bonds is 13. The summed E-state index contributed by atoms with van der Waals surface area (Å²) < 4.78 is 0. The first kappa shape index (κ1) is 30.1. The van der Waals surface area contributed by atoms with Crippen LogP contribution < -0.4 is 16.4 Å². The Morgan fingerprint density at radius 2 is 1.58 bits per heavy atom. The number of thioether (sulfide) groups is 1. The molecule has 0 heterocycles. The van der Waals surface area contributed by atoms with Gasteiger partial charge in [0.25, 0.3) is 0 Å². The molecule has 0 radical (unpaired) electrons. The lowest BCUT2D eigenvalue weighted by molar-refractivity contribution is -0.131. The summed E-state index contributed by atoms with van der Waals surface area (Å²) in [7, 11) is 0. The van der Waals surface area contributed by atoms with E-state index in [1.807, 2.05) is 53.0 Å². The highest BCUT2D eigenvalue weighted by Gasteiger charge is 2.28. The normalized spacial score (nSPS) is 16.6. The van der Waals surface area contributed by atoms with Gasteiger partial charge in [-0.05, 0) is 57.0 Å². The Bertz CT molecular complexity index is 598. The molecule has 4 atom stereocenters. The van der Waals surface area contributed by atoms with Gasteiger partial charge in [-0.3, -0.25) is 9.59 Å². The van der Waals surface area contributed by atoms with E-state index < -0.39 is 6.04 Å². The monoisotopic (exact) mass is 471 g/mol. The predicted octanol–water partition coefficient (Wildman–Crippen LogP) is 4.05. The Kier molecular flexibility index (Phi) is 14.6. The third kappa shape index (κ3) is 13.3. The van der Waals surface area contributed by atoms with E-state index in [0.29, 0.717) is 18.1 Å². The van der Waals surface area contributed by atoms with Crippen LogP contribution >= 0.6 is 24.4 Å². The van der Waals surface area contributed by atoms with E-state index in [2.05, 4.69) is 49.3 Å². The summed E-state index contributed by atoms with van der Waals surface area (Å²) >= 11 is 5.89. The molecule has 0 saturated heterocycles. The Labute approximate surface area is 200 Å². The van der Waals surface area contributed by atoms with Crippen LogP contribution in [0.2, 0.25) is 0 Å². The number of allylic oxidation sites excluding steroid dienone is 2. The Balaban J connectivity index is 5.46. The van der Waals surface area contributed by atoms with E-state index in [9.17, 15) is 9.59 Å². The summed E-state index contributed by atoms with van der Waals surface area (Å²) in [5.41, 5.74) is 5.60. The lowest BCUT2D eigenvalue weighted by Crippen LogP contribution is -2.53. The van der Waals surface area contributed by atoms with Crippen molar-refractivity contribution in [3.8, 4) is 0 Å². The van der Waals surface area contributed by atoms with Crippen molar-refractivity contribution in [2.45, 2.75) is 72.5 Å². The molecule has 7 heteroatoms. The maximum atomic E-state index is 13.1. The van der Waals surface area contributed by atoms with Gasteiger partial charge in [0, 0.05) is 17.3 Å². The van der Waals surface area contributed by atoms with E-state index in [1.54, 1.807) is 11.8 Å². The second-order valence-corrected chi connectivity index (χ2v) is 11.1. The van der Waals surface area contributed by atoms with Gasteiger partial charge in [0.15, 0.2) is 0 Å². The number of hydrogen-bond acceptors (Lipinski definition) is 5. The SMILES string of the molecule is CSCC[C@H](NC(=O)C(/C=C/C(/C=C/C(N)CS)C(C)C)C(C)C)C(=O)NC(C)(C)C. The quantitative estimate of drug-likeness (QED) is 0.241. The van der Waals surface area contributed by atoms with Crippen LogP contribution in [0.15, 0.2) is 24.3 Å².